The van der Waals surface area contributed by atoms with Crippen LogP contribution in [0.3, 0.4) is 0 Å². The first kappa shape index (κ1) is 14.4. The van der Waals surface area contributed by atoms with Gasteiger partial charge in [0, 0.05) is 11.3 Å². The van der Waals surface area contributed by atoms with Crippen LogP contribution in [0.2, 0.25) is 0 Å². The van der Waals surface area contributed by atoms with Crippen molar-refractivity contribution in [2.24, 2.45) is 0 Å². The lowest BCUT2D eigenvalue weighted by molar-refractivity contribution is 0.430. The van der Waals surface area contributed by atoms with E-state index in [1.54, 1.807) is 39.8 Å². The second-order valence-corrected chi connectivity index (χ2v) is 6.46. The molecule has 1 aromatic carbocycles. The zero-order valence-electron chi connectivity index (χ0n) is 11.8. The van der Waals surface area contributed by atoms with Gasteiger partial charge in [-0.3, -0.25) is 0 Å². The molecule has 7 heteroatoms. The molecule has 0 unspecified atom stereocenters. The van der Waals surface area contributed by atoms with Crippen molar-refractivity contribution in [3.63, 3.8) is 0 Å². The molecule has 0 fully saturated rings. The minimum atomic E-state index is -3.76. The highest BCUT2D eigenvalue weighted by Crippen LogP contribution is 2.26. The van der Waals surface area contributed by atoms with Gasteiger partial charge in [-0.05, 0) is 51.0 Å². The maximum absolute atomic E-state index is 12.4. The number of aromatic nitrogens is 1. The number of anilines is 2. The molecule has 2 rings (SSSR count). The van der Waals surface area contributed by atoms with Gasteiger partial charge in [0.2, 0.25) is 5.88 Å². The summed E-state index contributed by atoms with van der Waals surface area (Å²) < 4.78 is 32.3. The molecule has 1 heterocycles. The molecule has 0 spiro atoms. The Labute approximate surface area is 118 Å². The van der Waals surface area contributed by atoms with E-state index in [9.17, 15) is 8.42 Å². The van der Waals surface area contributed by atoms with Crippen molar-refractivity contribution >= 4 is 21.6 Å². The molecular weight excluding hydrogens is 278 g/mol. The van der Waals surface area contributed by atoms with Gasteiger partial charge in [0.25, 0.3) is 10.0 Å². The molecule has 3 N–H and O–H groups in total. The van der Waals surface area contributed by atoms with Gasteiger partial charge in [0.1, 0.15) is 0 Å². The SMILES string of the molecule is Cc1cc(N)c(C)c(S(=O)(=O)Nc2onc(C)c2C)c1. The number of benzene rings is 1. The third-order valence-corrected chi connectivity index (χ3v) is 4.68. The van der Waals surface area contributed by atoms with E-state index in [0.717, 1.165) is 5.56 Å². The average Bonchev–Trinajstić information content (AvgIpc) is 2.65. The molecule has 0 saturated heterocycles. The fourth-order valence-electron chi connectivity index (χ4n) is 1.82. The molecule has 0 saturated carbocycles. The summed E-state index contributed by atoms with van der Waals surface area (Å²) in [4.78, 5) is 0.142. The van der Waals surface area contributed by atoms with Crippen LogP contribution < -0.4 is 10.5 Å². The van der Waals surface area contributed by atoms with Gasteiger partial charge in [0.15, 0.2) is 0 Å². The number of aryl methyl sites for hydroxylation is 2. The summed E-state index contributed by atoms with van der Waals surface area (Å²) in [6.45, 7) is 6.94. The van der Waals surface area contributed by atoms with Crippen LogP contribution in [0.4, 0.5) is 11.6 Å². The molecule has 0 radical (unpaired) electrons. The summed E-state index contributed by atoms with van der Waals surface area (Å²) in [7, 11) is -3.76. The van der Waals surface area contributed by atoms with E-state index in [1.807, 2.05) is 0 Å². The van der Waals surface area contributed by atoms with Gasteiger partial charge in [0.05, 0.1) is 10.6 Å². The molecule has 0 atom stereocenters. The number of nitrogen functional groups attached to an aromatic ring is 1. The van der Waals surface area contributed by atoms with E-state index in [4.69, 9.17) is 10.3 Å². The lowest BCUT2D eigenvalue weighted by atomic mass is 10.1. The number of hydrogen-bond donors (Lipinski definition) is 2. The first-order valence-electron chi connectivity index (χ1n) is 6.05. The number of hydrogen-bond acceptors (Lipinski definition) is 5. The van der Waals surface area contributed by atoms with E-state index in [1.165, 1.54) is 0 Å². The highest BCUT2D eigenvalue weighted by Gasteiger charge is 2.22. The van der Waals surface area contributed by atoms with E-state index in [0.29, 0.717) is 22.5 Å². The van der Waals surface area contributed by atoms with Crippen molar-refractivity contribution in [2.45, 2.75) is 32.6 Å². The molecule has 108 valence electrons. The summed E-state index contributed by atoms with van der Waals surface area (Å²) in [5.74, 6) is 0.127. The van der Waals surface area contributed by atoms with Crippen molar-refractivity contribution in [2.75, 3.05) is 10.5 Å². The van der Waals surface area contributed by atoms with E-state index < -0.39 is 10.0 Å². The fraction of sp³-hybridized carbons (Fsp3) is 0.308. The Morgan fingerprint density at radius 2 is 1.80 bits per heavy atom. The fourth-order valence-corrected chi connectivity index (χ4v) is 3.23. The van der Waals surface area contributed by atoms with E-state index in [2.05, 4.69) is 9.88 Å². The molecule has 6 nitrogen and oxygen atoms in total. The summed E-state index contributed by atoms with van der Waals surface area (Å²) in [5.41, 5.74) is 8.85. The molecule has 20 heavy (non-hydrogen) atoms. The largest absolute Gasteiger partial charge is 0.398 e. The number of rotatable bonds is 3. The lowest BCUT2D eigenvalue weighted by Crippen LogP contribution is -2.15. The van der Waals surface area contributed by atoms with Gasteiger partial charge in [-0.15, -0.1) is 0 Å². The number of sulfonamides is 1. The molecule has 0 amide bonds. The van der Waals surface area contributed by atoms with Gasteiger partial charge in [-0.1, -0.05) is 5.16 Å². The molecule has 0 aliphatic rings. The molecule has 0 aliphatic heterocycles. The van der Waals surface area contributed by atoms with Gasteiger partial charge in [-0.25, -0.2) is 13.1 Å². The van der Waals surface area contributed by atoms with E-state index in [-0.39, 0.29) is 10.8 Å². The van der Waals surface area contributed by atoms with Gasteiger partial charge >= 0.3 is 0 Å². The Morgan fingerprint density at radius 1 is 1.15 bits per heavy atom. The highest BCUT2D eigenvalue weighted by atomic mass is 32.2. The molecule has 0 bridgehead atoms. The van der Waals surface area contributed by atoms with Crippen LogP contribution in [0.5, 0.6) is 0 Å². The van der Waals surface area contributed by atoms with Crippen molar-refractivity contribution in [1.82, 2.24) is 5.16 Å². The van der Waals surface area contributed by atoms with Crippen molar-refractivity contribution in [1.29, 1.82) is 0 Å². The van der Waals surface area contributed by atoms with Crippen molar-refractivity contribution in [3.05, 3.63) is 34.5 Å². The zero-order chi connectivity index (χ0) is 15.1. The van der Waals surface area contributed by atoms with Crippen LogP contribution >= 0.6 is 0 Å². The Balaban J connectivity index is 2.49. The minimum Gasteiger partial charge on any atom is -0.398 e. The molecule has 1 aromatic heterocycles. The first-order valence-corrected chi connectivity index (χ1v) is 7.53. The summed E-state index contributed by atoms with van der Waals surface area (Å²) in [6, 6.07) is 3.31. The van der Waals surface area contributed by atoms with Crippen LogP contribution in [-0.4, -0.2) is 13.6 Å². The summed E-state index contributed by atoms with van der Waals surface area (Å²) >= 11 is 0. The molecular formula is C13H17N3O3S. The normalized spacial score (nSPS) is 11.6. The number of nitrogens with zero attached hydrogens (tertiary/aromatic N) is 1. The average molecular weight is 295 g/mol. The van der Waals surface area contributed by atoms with Crippen molar-refractivity contribution < 1.29 is 12.9 Å². The highest BCUT2D eigenvalue weighted by molar-refractivity contribution is 7.92. The number of nitrogens with one attached hydrogen (secondary N) is 1. The first-order chi connectivity index (χ1) is 9.22. The molecule has 0 aliphatic carbocycles. The second kappa shape index (κ2) is 4.82. The maximum atomic E-state index is 12.4. The Morgan fingerprint density at radius 3 is 2.35 bits per heavy atom. The van der Waals surface area contributed by atoms with Crippen LogP contribution in [-0.2, 0) is 10.0 Å². The Hall–Kier alpha value is -2.02. The standard InChI is InChI=1S/C13H17N3O3S/c1-7-5-11(14)9(3)12(6-7)20(17,18)16-13-8(2)10(4)15-19-13/h5-6,16H,14H2,1-4H3. The monoisotopic (exact) mass is 295 g/mol. The quantitative estimate of drug-likeness (QED) is 0.846. The Bertz CT molecular complexity index is 763. The third kappa shape index (κ3) is 2.49. The smallest absolute Gasteiger partial charge is 0.264 e. The maximum Gasteiger partial charge on any atom is 0.264 e. The Kier molecular flexibility index (Phi) is 3.47. The van der Waals surface area contributed by atoms with E-state index >= 15 is 0 Å². The summed E-state index contributed by atoms with van der Waals surface area (Å²) in [5, 5.41) is 3.72. The number of nitrogens with two attached hydrogens (primary N) is 1. The van der Waals surface area contributed by atoms with Gasteiger partial charge < -0.3 is 10.3 Å². The second-order valence-electron chi connectivity index (χ2n) is 4.80. The topological polar surface area (TPSA) is 98.2 Å². The summed E-state index contributed by atoms with van der Waals surface area (Å²) in [6.07, 6.45) is 0. The van der Waals surface area contributed by atoms with Crippen LogP contribution in [0.25, 0.3) is 0 Å². The lowest BCUT2D eigenvalue weighted by Gasteiger charge is -2.11. The third-order valence-electron chi connectivity index (χ3n) is 3.22. The predicted molar refractivity (Wildman–Crippen MR) is 77.1 cm³/mol. The predicted octanol–water partition coefficient (Wildman–Crippen LogP) is 2.29. The minimum absolute atomic E-state index is 0.127. The van der Waals surface area contributed by atoms with Crippen LogP contribution in [0.15, 0.2) is 21.6 Å². The van der Waals surface area contributed by atoms with Crippen LogP contribution in [0.1, 0.15) is 22.4 Å². The van der Waals surface area contributed by atoms with Crippen LogP contribution in [0, 0.1) is 27.7 Å². The van der Waals surface area contributed by atoms with Crippen molar-refractivity contribution in [3.8, 4) is 0 Å². The molecule has 2 aromatic rings. The van der Waals surface area contributed by atoms with Gasteiger partial charge in [-0.2, -0.15) is 0 Å². The zero-order valence-corrected chi connectivity index (χ0v) is 12.6.